The monoisotopic (exact) mass is 215 g/mol. The fraction of sp³-hybridized carbons (Fsp3) is 0.538. The summed E-state index contributed by atoms with van der Waals surface area (Å²) in [5.41, 5.74) is 2.11. The van der Waals surface area contributed by atoms with Crippen molar-refractivity contribution in [3.8, 4) is 6.07 Å². The Kier molecular flexibility index (Phi) is 2.59. The second-order valence-corrected chi connectivity index (χ2v) is 5.23. The van der Waals surface area contributed by atoms with E-state index in [1.807, 2.05) is 13.0 Å². The summed E-state index contributed by atoms with van der Waals surface area (Å²) in [6.07, 6.45) is 3.00. The number of rotatable bonds is 3. The van der Waals surface area contributed by atoms with Gasteiger partial charge in [-0.15, -0.1) is 0 Å². The van der Waals surface area contributed by atoms with Crippen LogP contribution in [0.3, 0.4) is 0 Å². The first-order valence-corrected chi connectivity index (χ1v) is 5.64. The molecule has 1 heterocycles. The minimum absolute atomic E-state index is 0.462. The number of hydrogen-bond acceptors (Lipinski definition) is 3. The quantitative estimate of drug-likeness (QED) is 0.843. The van der Waals surface area contributed by atoms with E-state index in [0.29, 0.717) is 16.9 Å². The van der Waals surface area contributed by atoms with Crippen LogP contribution in [0.5, 0.6) is 0 Å². The molecule has 0 aromatic carbocycles. The molecule has 1 atom stereocenters. The van der Waals surface area contributed by atoms with Crippen LogP contribution in [0.15, 0.2) is 12.3 Å². The standard InChI is InChI=1S/C13H17N3/c1-9-4-5-15-12(11(9)7-14)16-8-10-6-13(10,2)3/h4-5,10H,6,8H2,1-3H3,(H,15,16). The molecule has 1 aromatic heterocycles. The van der Waals surface area contributed by atoms with Crippen molar-refractivity contribution in [2.75, 3.05) is 11.9 Å². The second-order valence-electron chi connectivity index (χ2n) is 5.23. The Morgan fingerprint density at radius 3 is 2.88 bits per heavy atom. The summed E-state index contributed by atoms with van der Waals surface area (Å²) in [5, 5.41) is 12.3. The highest BCUT2D eigenvalue weighted by Crippen LogP contribution is 2.51. The van der Waals surface area contributed by atoms with Crippen molar-refractivity contribution in [2.45, 2.75) is 27.2 Å². The van der Waals surface area contributed by atoms with Crippen LogP contribution in [-0.2, 0) is 0 Å². The Morgan fingerprint density at radius 1 is 1.62 bits per heavy atom. The third-order valence-electron chi connectivity index (χ3n) is 3.50. The van der Waals surface area contributed by atoms with Crippen molar-refractivity contribution in [3.05, 3.63) is 23.4 Å². The van der Waals surface area contributed by atoms with Gasteiger partial charge >= 0.3 is 0 Å². The Morgan fingerprint density at radius 2 is 2.31 bits per heavy atom. The summed E-state index contributed by atoms with van der Waals surface area (Å²) < 4.78 is 0. The van der Waals surface area contributed by atoms with Crippen molar-refractivity contribution in [1.29, 1.82) is 5.26 Å². The van der Waals surface area contributed by atoms with E-state index in [9.17, 15) is 0 Å². The molecule has 3 nitrogen and oxygen atoms in total. The molecule has 84 valence electrons. The van der Waals surface area contributed by atoms with Gasteiger partial charge in [0.05, 0.1) is 5.56 Å². The minimum Gasteiger partial charge on any atom is -0.369 e. The lowest BCUT2D eigenvalue weighted by atomic mass is 10.1. The molecule has 0 aliphatic heterocycles. The molecule has 1 aromatic rings. The number of hydrogen-bond donors (Lipinski definition) is 1. The molecule has 0 radical (unpaired) electrons. The van der Waals surface area contributed by atoms with Gasteiger partial charge in [-0.2, -0.15) is 5.26 Å². The summed E-state index contributed by atoms with van der Waals surface area (Å²) in [6, 6.07) is 4.07. The molecule has 1 aliphatic rings. The van der Waals surface area contributed by atoms with Crippen LogP contribution < -0.4 is 5.32 Å². The third kappa shape index (κ3) is 2.01. The van der Waals surface area contributed by atoms with E-state index in [-0.39, 0.29) is 0 Å². The van der Waals surface area contributed by atoms with Crippen molar-refractivity contribution in [2.24, 2.45) is 11.3 Å². The minimum atomic E-state index is 0.462. The topological polar surface area (TPSA) is 48.7 Å². The molecule has 3 heteroatoms. The van der Waals surface area contributed by atoms with E-state index in [4.69, 9.17) is 5.26 Å². The summed E-state index contributed by atoms with van der Waals surface area (Å²) in [7, 11) is 0. The average Bonchev–Trinajstić information content (AvgIpc) is 2.83. The van der Waals surface area contributed by atoms with Gasteiger partial charge in [-0.25, -0.2) is 4.98 Å². The zero-order chi connectivity index (χ0) is 11.8. The lowest BCUT2D eigenvalue weighted by Crippen LogP contribution is -2.10. The van der Waals surface area contributed by atoms with E-state index in [1.165, 1.54) is 6.42 Å². The van der Waals surface area contributed by atoms with Crippen molar-refractivity contribution in [1.82, 2.24) is 4.98 Å². The molecule has 1 saturated carbocycles. The second kappa shape index (κ2) is 3.79. The van der Waals surface area contributed by atoms with Gasteiger partial charge < -0.3 is 5.32 Å². The molecule has 16 heavy (non-hydrogen) atoms. The molecular formula is C13H17N3. The predicted octanol–water partition coefficient (Wildman–Crippen LogP) is 2.72. The smallest absolute Gasteiger partial charge is 0.144 e. The molecule has 0 spiro atoms. The zero-order valence-corrected chi connectivity index (χ0v) is 10.0. The molecule has 1 unspecified atom stereocenters. The number of nitriles is 1. The highest BCUT2D eigenvalue weighted by atomic mass is 15.0. The first-order chi connectivity index (χ1) is 7.54. The van der Waals surface area contributed by atoms with Crippen LogP contribution in [0.2, 0.25) is 0 Å². The zero-order valence-electron chi connectivity index (χ0n) is 10.0. The van der Waals surface area contributed by atoms with E-state index in [0.717, 1.165) is 17.9 Å². The van der Waals surface area contributed by atoms with Gasteiger partial charge in [-0.1, -0.05) is 13.8 Å². The van der Waals surface area contributed by atoms with Crippen molar-refractivity contribution >= 4 is 5.82 Å². The van der Waals surface area contributed by atoms with Gasteiger partial charge in [-0.3, -0.25) is 0 Å². The molecular weight excluding hydrogens is 198 g/mol. The van der Waals surface area contributed by atoms with Crippen LogP contribution in [0.1, 0.15) is 31.4 Å². The lowest BCUT2D eigenvalue weighted by Gasteiger charge is -2.09. The van der Waals surface area contributed by atoms with Crippen LogP contribution in [0, 0.1) is 29.6 Å². The summed E-state index contributed by atoms with van der Waals surface area (Å²) in [6.45, 7) is 7.40. The van der Waals surface area contributed by atoms with Gasteiger partial charge in [0.2, 0.25) is 0 Å². The number of nitrogens with zero attached hydrogens (tertiary/aromatic N) is 2. The molecule has 0 amide bonds. The van der Waals surface area contributed by atoms with Crippen LogP contribution in [-0.4, -0.2) is 11.5 Å². The van der Waals surface area contributed by atoms with Gasteiger partial charge in [-0.05, 0) is 36.3 Å². The van der Waals surface area contributed by atoms with E-state index < -0.39 is 0 Å². The van der Waals surface area contributed by atoms with Crippen LogP contribution in [0.4, 0.5) is 5.82 Å². The van der Waals surface area contributed by atoms with E-state index in [2.05, 4.69) is 30.2 Å². The van der Waals surface area contributed by atoms with Gasteiger partial charge in [0, 0.05) is 12.7 Å². The van der Waals surface area contributed by atoms with Crippen molar-refractivity contribution < 1.29 is 0 Å². The van der Waals surface area contributed by atoms with Crippen molar-refractivity contribution in [3.63, 3.8) is 0 Å². The highest BCUT2D eigenvalue weighted by Gasteiger charge is 2.45. The highest BCUT2D eigenvalue weighted by molar-refractivity contribution is 5.55. The van der Waals surface area contributed by atoms with Crippen LogP contribution >= 0.6 is 0 Å². The Labute approximate surface area is 96.5 Å². The van der Waals surface area contributed by atoms with E-state index >= 15 is 0 Å². The predicted molar refractivity (Wildman–Crippen MR) is 64.1 cm³/mol. The summed E-state index contributed by atoms with van der Waals surface area (Å²) in [4.78, 5) is 4.22. The third-order valence-corrected chi connectivity index (χ3v) is 3.50. The number of pyridine rings is 1. The van der Waals surface area contributed by atoms with Gasteiger partial charge in [0.1, 0.15) is 11.9 Å². The SMILES string of the molecule is Cc1ccnc(NCC2CC2(C)C)c1C#N. The molecule has 1 aliphatic carbocycles. The van der Waals surface area contributed by atoms with Gasteiger partial charge in [0.15, 0.2) is 0 Å². The average molecular weight is 215 g/mol. The van der Waals surface area contributed by atoms with E-state index in [1.54, 1.807) is 6.20 Å². The first-order valence-electron chi connectivity index (χ1n) is 5.64. The maximum Gasteiger partial charge on any atom is 0.144 e. The Bertz CT molecular complexity index is 443. The van der Waals surface area contributed by atoms with Crippen LogP contribution in [0.25, 0.3) is 0 Å². The number of aromatic nitrogens is 1. The summed E-state index contributed by atoms with van der Waals surface area (Å²) in [5.74, 6) is 1.44. The maximum absolute atomic E-state index is 9.05. The molecule has 0 saturated heterocycles. The Hall–Kier alpha value is -1.56. The van der Waals surface area contributed by atoms with Gasteiger partial charge in [0.25, 0.3) is 0 Å². The maximum atomic E-state index is 9.05. The first kappa shape index (κ1) is 10.9. The number of anilines is 1. The molecule has 0 bridgehead atoms. The normalized spacial score (nSPS) is 21.2. The molecule has 2 rings (SSSR count). The molecule has 1 fully saturated rings. The number of nitrogens with one attached hydrogen (secondary N) is 1. The number of aryl methyl sites for hydroxylation is 1. The largest absolute Gasteiger partial charge is 0.369 e. The molecule has 1 N–H and O–H groups in total. The Balaban J connectivity index is 2.05. The fourth-order valence-corrected chi connectivity index (χ4v) is 1.98. The fourth-order valence-electron chi connectivity index (χ4n) is 1.98. The lowest BCUT2D eigenvalue weighted by molar-refractivity contribution is 0.573. The summed E-state index contributed by atoms with van der Waals surface area (Å²) >= 11 is 0.